The number of methoxy groups -OCH3 is 1. The van der Waals surface area contributed by atoms with Gasteiger partial charge >= 0.3 is 0 Å². The standard InChI is InChI=1S/C15H18N2O/c1-4-6-14(5-2)17-11-13-9-12(10-16)7-8-15(13)18-3/h2,7-9,14,17H,4,6,11H2,1,3H3. The van der Waals surface area contributed by atoms with E-state index in [1.807, 2.05) is 6.07 Å². The SMILES string of the molecule is C#CC(CCC)NCc1cc(C#N)ccc1OC. The van der Waals surface area contributed by atoms with Crippen LogP contribution in [0.25, 0.3) is 0 Å². The van der Waals surface area contributed by atoms with Crippen LogP contribution in [-0.4, -0.2) is 13.2 Å². The molecule has 1 unspecified atom stereocenters. The summed E-state index contributed by atoms with van der Waals surface area (Å²) in [4.78, 5) is 0. The number of ether oxygens (including phenoxy) is 1. The van der Waals surface area contributed by atoms with Crippen molar-refractivity contribution in [1.82, 2.24) is 5.32 Å². The Morgan fingerprint density at radius 1 is 1.50 bits per heavy atom. The van der Waals surface area contributed by atoms with Gasteiger partial charge in [0.2, 0.25) is 0 Å². The molecule has 1 aromatic carbocycles. The smallest absolute Gasteiger partial charge is 0.123 e. The molecule has 0 aliphatic rings. The number of hydrogen-bond donors (Lipinski definition) is 1. The molecule has 1 rings (SSSR count). The Morgan fingerprint density at radius 3 is 2.83 bits per heavy atom. The van der Waals surface area contributed by atoms with E-state index in [4.69, 9.17) is 16.4 Å². The van der Waals surface area contributed by atoms with Crippen molar-refractivity contribution in [1.29, 1.82) is 5.26 Å². The van der Waals surface area contributed by atoms with Gasteiger partial charge in [0.05, 0.1) is 24.8 Å². The number of nitriles is 1. The zero-order valence-corrected chi connectivity index (χ0v) is 10.9. The summed E-state index contributed by atoms with van der Waals surface area (Å²) < 4.78 is 5.27. The maximum atomic E-state index is 8.89. The Balaban J connectivity index is 2.77. The van der Waals surface area contributed by atoms with Gasteiger partial charge in [-0.25, -0.2) is 0 Å². The van der Waals surface area contributed by atoms with Crippen LogP contribution in [0.3, 0.4) is 0 Å². The summed E-state index contributed by atoms with van der Waals surface area (Å²) in [6.45, 7) is 2.70. The topological polar surface area (TPSA) is 45.0 Å². The highest BCUT2D eigenvalue weighted by Crippen LogP contribution is 2.19. The predicted molar refractivity (Wildman–Crippen MR) is 72.1 cm³/mol. The number of nitrogens with zero attached hydrogens (tertiary/aromatic N) is 1. The van der Waals surface area contributed by atoms with Crippen LogP contribution >= 0.6 is 0 Å². The van der Waals surface area contributed by atoms with Crippen LogP contribution < -0.4 is 10.1 Å². The van der Waals surface area contributed by atoms with Crippen LogP contribution in [-0.2, 0) is 6.54 Å². The molecule has 0 fully saturated rings. The fourth-order valence-corrected chi connectivity index (χ4v) is 1.75. The van der Waals surface area contributed by atoms with Crippen LogP contribution in [0.5, 0.6) is 5.75 Å². The molecular formula is C15H18N2O. The maximum absolute atomic E-state index is 8.89. The molecule has 1 atom stereocenters. The number of rotatable bonds is 6. The van der Waals surface area contributed by atoms with Crippen molar-refractivity contribution in [2.75, 3.05) is 7.11 Å². The van der Waals surface area contributed by atoms with E-state index in [9.17, 15) is 0 Å². The van der Waals surface area contributed by atoms with Gasteiger partial charge in [-0.3, -0.25) is 5.32 Å². The fraction of sp³-hybridized carbons (Fsp3) is 0.400. The minimum absolute atomic E-state index is 0.0606. The first-order chi connectivity index (χ1) is 8.74. The van der Waals surface area contributed by atoms with Crippen molar-refractivity contribution in [2.24, 2.45) is 0 Å². The highest BCUT2D eigenvalue weighted by atomic mass is 16.5. The van der Waals surface area contributed by atoms with Crippen LogP contribution in [0.15, 0.2) is 18.2 Å². The molecular weight excluding hydrogens is 224 g/mol. The van der Waals surface area contributed by atoms with Gasteiger partial charge in [0.15, 0.2) is 0 Å². The quantitative estimate of drug-likeness (QED) is 0.779. The summed E-state index contributed by atoms with van der Waals surface area (Å²) in [5, 5.41) is 12.2. The summed E-state index contributed by atoms with van der Waals surface area (Å²) in [5.74, 6) is 3.49. The zero-order chi connectivity index (χ0) is 13.4. The second-order valence-electron chi connectivity index (χ2n) is 4.03. The lowest BCUT2D eigenvalue weighted by Crippen LogP contribution is -2.27. The summed E-state index contributed by atoms with van der Waals surface area (Å²) in [5.41, 5.74) is 1.58. The molecule has 0 saturated carbocycles. The molecule has 94 valence electrons. The average Bonchev–Trinajstić information content (AvgIpc) is 2.43. The van der Waals surface area contributed by atoms with Crippen molar-refractivity contribution in [3.05, 3.63) is 29.3 Å². The highest BCUT2D eigenvalue weighted by molar-refractivity contribution is 5.42. The van der Waals surface area contributed by atoms with E-state index in [0.717, 1.165) is 24.2 Å². The molecule has 0 amide bonds. The molecule has 0 aromatic heterocycles. The second-order valence-corrected chi connectivity index (χ2v) is 4.03. The molecule has 3 heteroatoms. The molecule has 0 saturated heterocycles. The van der Waals surface area contributed by atoms with E-state index in [0.29, 0.717) is 12.1 Å². The maximum Gasteiger partial charge on any atom is 0.123 e. The van der Waals surface area contributed by atoms with Gasteiger partial charge in [0, 0.05) is 12.1 Å². The van der Waals surface area contributed by atoms with Gasteiger partial charge in [0.1, 0.15) is 5.75 Å². The Hall–Kier alpha value is -1.97. The van der Waals surface area contributed by atoms with Crippen molar-refractivity contribution in [2.45, 2.75) is 32.4 Å². The fourth-order valence-electron chi connectivity index (χ4n) is 1.75. The number of benzene rings is 1. The Kier molecular flexibility index (Phi) is 5.77. The Labute approximate surface area is 109 Å². The molecule has 0 aliphatic carbocycles. The first-order valence-electron chi connectivity index (χ1n) is 6.01. The van der Waals surface area contributed by atoms with Gasteiger partial charge in [-0.15, -0.1) is 6.42 Å². The van der Waals surface area contributed by atoms with Gasteiger partial charge in [-0.1, -0.05) is 19.3 Å². The van der Waals surface area contributed by atoms with Crippen LogP contribution in [0.2, 0.25) is 0 Å². The zero-order valence-electron chi connectivity index (χ0n) is 10.9. The first-order valence-corrected chi connectivity index (χ1v) is 6.01. The second kappa shape index (κ2) is 7.37. The molecule has 0 spiro atoms. The Morgan fingerprint density at radius 2 is 2.28 bits per heavy atom. The summed E-state index contributed by atoms with van der Waals surface area (Å²) in [7, 11) is 1.62. The minimum Gasteiger partial charge on any atom is -0.496 e. The third-order valence-electron chi connectivity index (χ3n) is 2.73. The minimum atomic E-state index is 0.0606. The lowest BCUT2D eigenvalue weighted by molar-refractivity contribution is 0.406. The average molecular weight is 242 g/mol. The molecule has 0 heterocycles. The number of nitrogens with one attached hydrogen (secondary N) is 1. The Bertz CT molecular complexity index is 468. The van der Waals surface area contributed by atoms with E-state index in [1.165, 1.54) is 0 Å². The molecule has 3 nitrogen and oxygen atoms in total. The van der Waals surface area contributed by atoms with Gasteiger partial charge in [-0.2, -0.15) is 5.26 Å². The van der Waals surface area contributed by atoms with Crippen molar-refractivity contribution in [3.63, 3.8) is 0 Å². The van der Waals surface area contributed by atoms with Crippen molar-refractivity contribution < 1.29 is 4.74 Å². The largest absolute Gasteiger partial charge is 0.496 e. The van der Waals surface area contributed by atoms with E-state index in [-0.39, 0.29) is 6.04 Å². The van der Waals surface area contributed by atoms with Crippen molar-refractivity contribution in [3.8, 4) is 24.2 Å². The summed E-state index contributed by atoms with van der Waals surface area (Å²) in [6.07, 6.45) is 7.43. The third kappa shape index (κ3) is 3.80. The van der Waals surface area contributed by atoms with Crippen LogP contribution in [0.4, 0.5) is 0 Å². The van der Waals surface area contributed by atoms with Gasteiger partial charge in [-0.05, 0) is 24.6 Å². The molecule has 0 radical (unpaired) electrons. The van der Waals surface area contributed by atoms with Gasteiger partial charge < -0.3 is 4.74 Å². The molecule has 0 aliphatic heterocycles. The van der Waals surface area contributed by atoms with E-state index in [1.54, 1.807) is 19.2 Å². The van der Waals surface area contributed by atoms with E-state index >= 15 is 0 Å². The molecule has 1 aromatic rings. The summed E-state index contributed by atoms with van der Waals surface area (Å²) in [6, 6.07) is 7.56. The first kappa shape index (κ1) is 14.1. The van der Waals surface area contributed by atoms with Crippen LogP contribution in [0.1, 0.15) is 30.9 Å². The lowest BCUT2D eigenvalue weighted by Gasteiger charge is -2.14. The number of hydrogen-bond acceptors (Lipinski definition) is 3. The monoisotopic (exact) mass is 242 g/mol. The van der Waals surface area contributed by atoms with E-state index in [2.05, 4.69) is 24.2 Å². The van der Waals surface area contributed by atoms with E-state index < -0.39 is 0 Å². The molecule has 18 heavy (non-hydrogen) atoms. The third-order valence-corrected chi connectivity index (χ3v) is 2.73. The molecule has 0 bridgehead atoms. The predicted octanol–water partition coefficient (Wildman–Crippen LogP) is 2.46. The number of terminal acetylenes is 1. The normalized spacial score (nSPS) is 11.3. The van der Waals surface area contributed by atoms with Crippen LogP contribution in [0, 0.1) is 23.7 Å². The van der Waals surface area contributed by atoms with Crippen molar-refractivity contribution >= 4 is 0 Å². The molecule has 1 N–H and O–H groups in total. The summed E-state index contributed by atoms with van der Waals surface area (Å²) >= 11 is 0. The lowest BCUT2D eigenvalue weighted by atomic mass is 10.1. The highest BCUT2D eigenvalue weighted by Gasteiger charge is 2.07. The van der Waals surface area contributed by atoms with Gasteiger partial charge in [0.25, 0.3) is 0 Å².